The molecule has 0 radical (unpaired) electrons. The first kappa shape index (κ1) is 13.0. The third-order valence-corrected chi connectivity index (χ3v) is 3.74. The van der Waals surface area contributed by atoms with Gasteiger partial charge >= 0.3 is 0 Å². The number of likely N-dealkylation sites (N-methyl/N-ethyl adjacent to an activating group) is 1. The average molecular weight is 286 g/mol. The van der Waals surface area contributed by atoms with E-state index in [0.717, 1.165) is 23.4 Å². The molecule has 0 aliphatic rings. The maximum atomic E-state index is 5.39. The molecule has 0 saturated heterocycles. The van der Waals surface area contributed by atoms with Crippen LogP contribution in [-0.4, -0.2) is 28.7 Å². The number of benzene rings is 1. The maximum Gasteiger partial charge on any atom is 0.258 e. The number of aromatic nitrogens is 3. The molecule has 0 bridgehead atoms. The number of nitrogens with one attached hydrogen (secondary N) is 1. The Hall–Kier alpha value is -2.05. The monoisotopic (exact) mass is 286 g/mol. The highest BCUT2D eigenvalue weighted by atomic mass is 32.1. The summed E-state index contributed by atoms with van der Waals surface area (Å²) in [7, 11) is 1.94. The van der Waals surface area contributed by atoms with Crippen LogP contribution in [0.4, 0.5) is 0 Å². The van der Waals surface area contributed by atoms with Gasteiger partial charge in [-0.3, -0.25) is 4.98 Å². The molecule has 2 heterocycles. The molecule has 0 aliphatic carbocycles. The molecule has 5 nitrogen and oxygen atoms in total. The first-order chi connectivity index (χ1) is 9.88. The number of thiazole rings is 1. The summed E-state index contributed by atoms with van der Waals surface area (Å²) >= 11 is 1.50. The lowest BCUT2D eigenvalue weighted by Gasteiger charge is -2.04. The molecule has 0 unspecified atom stereocenters. The molecule has 3 aromatic rings. The molecular formula is C14H14N4OS. The molecule has 102 valence electrons. The second-order valence-corrected chi connectivity index (χ2v) is 5.19. The minimum Gasteiger partial charge on any atom is -0.334 e. The fraction of sp³-hybridized carbons (Fsp3) is 0.214. The second-order valence-electron chi connectivity index (χ2n) is 4.30. The van der Waals surface area contributed by atoms with Crippen LogP contribution in [0.3, 0.4) is 0 Å². The Morgan fingerprint density at radius 1 is 1.30 bits per heavy atom. The van der Waals surface area contributed by atoms with Crippen molar-refractivity contribution in [3.05, 3.63) is 41.5 Å². The minimum absolute atomic E-state index is 0.556. The van der Waals surface area contributed by atoms with E-state index in [4.69, 9.17) is 4.52 Å². The largest absolute Gasteiger partial charge is 0.334 e. The summed E-state index contributed by atoms with van der Waals surface area (Å²) in [4.78, 5) is 9.40. The standard InChI is InChI=1S/C14H14N4OS/c1-15-7-6-10-4-2-3-5-11(10)14-17-13(18-19-14)12-8-16-9-20-12/h2-5,8-9,15H,6-7H2,1H3. The van der Waals surface area contributed by atoms with Crippen LogP contribution in [0.1, 0.15) is 5.56 Å². The van der Waals surface area contributed by atoms with Crippen LogP contribution in [0.15, 0.2) is 40.5 Å². The molecule has 2 aromatic heterocycles. The Bertz CT molecular complexity index is 678. The molecule has 1 N–H and O–H groups in total. The lowest BCUT2D eigenvalue weighted by atomic mass is 10.0. The Morgan fingerprint density at radius 3 is 3.00 bits per heavy atom. The van der Waals surface area contributed by atoms with Gasteiger partial charge in [-0.15, -0.1) is 11.3 Å². The van der Waals surface area contributed by atoms with Gasteiger partial charge in [-0.25, -0.2) is 0 Å². The number of hydrogen-bond acceptors (Lipinski definition) is 6. The second kappa shape index (κ2) is 5.94. The van der Waals surface area contributed by atoms with E-state index in [0.29, 0.717) is 11.7 Å². The molecule has 3 rings (SSSR count). The predicted molar refractivity (Wildman–Crippen MR) is 78.5 cm³/mol. The van der Waals surface area contributed by atoms with Crippen LogP contribution in [0.25, 0.3) is 22.2 Å². The molecule has 0 aliphatic heterocycles. The van der Waals surface area contributed by atoms with Gasteiger partial charge in [0, 0.05) is 11.8 Å². The van der Waals surface area contributed by atoms with Gasteiger partial charge in [0.15, 0.2) is 0 Å². The van der Waals surface area contributed by atoms with Gasteiger partial charge in [0.1, 0.15) is 0 Å². The molecule has 0 spiro atoms. The topological polar surface area (TPSA) is 63.8 Å². The van der Waals surface area contributed by atoms with Gasteiger partial charge in [-0.2, -0.15) is 4.98 Å². The zero-order chi connectivity index (χ0) is 13.8. The summed E-state index contributed by atoms with van der Waals surface area (Å²) in [6, 6.07) is 8.10. The van der Waals surface area contributed by atoms with Gasteiger partial charge in [-0.05, 0) is 31.6 Å². The van der Waals surface area contributed by atoms with Crippen LogP contribution >= 0.6 is 11.3 Å². The third-order valence-electron chi connectivity index (χ3n) is 2.97. The zero-order valence-electron chi connectivity index (χ0n) is 11.0. The normalized spacial score (nSPS) is 10.8. The summed E-state index contributed by atoms with van der Waals surface area (Å²) in [5.74, 6) is 1.14. The zero-order valence-corrected chi connectivity index (χ0v) is 11.9. The van der Waals surface area contributed by atoms with Crippen molar-refractivity contribution >= 4 is 11.3 Å². The van der Waals surface area contributed by atoms with Gasteiger partial charge in [-0.1, -0.05) is 23.4 Å². The molecule has 0 fully saturated rings. The van der Waals surface area contributed by atoms with Crippen molar-refractivity contribution in [1.29, 1.82) is 0 Å². The highest BCUT2D eigenvalue weighted by Crippen LogP contribution is 2.26. The number of hydrogen-bond donors (Lipinski definition) is 1. The molecular weight excluding hydrogens is 272 g/mol. The maximum absolute atomic E-state index is 5.39. The van der Waals surface area contributed by atoms with Gasteiger partial charge in [0.05, 0.1) is 10.4 Å². The van der Waals surface area contributed by atoms with Crippen molar-refractivity contribution < 1.29 is 4.52 Å². The fourth-order valence-electron chi connectivity index (χ4n) is 1.97. The van der Waals surface area contributed by atoms with Gasteiger partial charge < -0.3 is 9.84 Å². The Labute approximate surface area is 120 Å². The van der Waals surface area contributed by atoms with Gasteiger partial charge in [0.25, 0.3) is 5.89 Å². The minimum atomic E-state index is 0.556. The Balaban J connectivity index is 1.93. The van der Waals surface area contributed by atoms with Crippen LogP contribution < -0.4 is 5.32 Å². The van der Waals surface area contributed by atoms with Crippen molar-refractivity contribution in [3.8, 4) is 22.2 Å². The van der Waals surface area contributed by atoms with Crippen molar-refractivity contribution in [3.63, 3.8) is 0 Å². The van der Waals surface area contributed by atoms with E-state index < -0.39 is 0 Å². The smallest absolute Gasteiger partial charge is 0.258 e. The fourth-order valence-corrected chi connectivity index (χ4v) is 2.51. The van der Waals surface area contributed by atoms with E-state index in [9.17, 15) is 0 Å². The predicted octanol–water partition coefficient (Wildman–Crippen LogP) is 2.62. The highest BCUT2D eigenvalue weighted by molar-refractivity contribution is 7.13. The van der Waals surface area contributed by atoms with Crippen LogP contribution in [0, 0.1) is 0 Å². The van der Waals surface area contributed by atoms with Crippen LogP contribution in [0.5, 0.6) is 0 Å². The summed E-state index contributed by atoms with van der Waals surface area (Å²) in [5, 5.41) is 7.17. The SMILES string of the molecule is CNCCc1ccccc1-c1nc(-c2cncs2)no1. The lowest BCUT2D eigenvalue weighted by molar-refractivity contribution is 0.432. The molecule has 6 heteroatoms. The number of rotatable bonds is 5. The van der Waals surface area contributed by atoms with Gasteiger partial charge in [0.2, 0.25) is 5.82 Å². The first-order valence-electron chi connectivity index (χ1n) is 6.34. The molecule has 0 atom stereocenters. The van der Waals surface area contributed by atoms with Crippen molar-refractivity contribution in [2.24, 2.45) is 0 Å². The van der Waals surface area contributed by atoms with E-state index in [-0.39, 0.29) is 0 Å². The van der Waals surface area contributed by atoms with E-state index >= 15 is 0 Å². The van der Waals surface area contributed by atoms with Crippen LogP contribution in [0.2, 0.25) is 0 Å². The van der Waals surface area contributed by atoms with E-state index in [1.165, 1.54) is 16.9 Å². The third kappa shape index (κ3) is 2.61. The average Bonchev–Trinajstić information content (AvgIpc) is 3.15. The quantitative estimate of drug-likeness (QED) is 0.781. The Morgan fingerprint density at radius 2 is 2.20 bits per heavy atom. The van der Waals surface area contributed by atoms with Crippen molar-refractivity contribution in [2.45, 2.75) is 6.42 Å². The van der Waals surface area contributed by atoms with Crippen molar-refractivity contribution in [2.75, 3.05) is 13.6 Å². The number of nitrogens with zero attached hydrogens (tertiary/aromatic N) is 3. The Kier molecular flexibility index (Phi) is 3.85. The highest BCUT2D eigenvalue weighted by Gasteiger charge is 2.14. The first-order valence-corrected chi connectivity index (χ1v) is 7.22. The summed E-state index contributed by atoms with van der Waals surface area (Å²) in [6.45, 7) is 0.910. The van der Waals surface area contributed by atoms with Crippen molar-refractivity contribution in [1.82, 2.24) is 20.4 Å². The molecule has 20 heavy (non-hydrogen) atoms. The summed E-state index contributed by atoms with van der Waals surface area (Å²) in [5.41, 5.74) is 3.94. The molecule has 0 amide bonds. The summed E-state index contributed by atoms with van der Waals surface area (Å²) < 4.78 is 5.39. The van der Waals surface area contributed by atoms with E-state index in [2.05, 4.69) is 26.5 Å². The van der Waals surface area contributed by atoms with E-state index in [1.807, 2.05) is 25.2 Å². The summed E-state index contributed by atoms with van der Waals surface area (Å²) in [6.07, 6.45) is 2.66. The molecule has 0 saturated carbocycles. The van der Waals surface area contributed by atoms with E-state index in [1.54, 1.807) is 11.7 Å². The lowest BCUT2D eigenvalue weighted by Crippen LogP contribution is -2.10. The molecule has 1 aromatic carbocycles. The van der Waals surface area contributed by atoms with Crippen LogP contribution in [-0.2, 0) is 6.42 Å².